The summed E-state index contributed by atoms with van der Waals surface area (Å²) in [6.45, 7) is 1.38. The monoisotopic (exact) mass is 382 g/mol. The summed E-state index contributed by atoms with van der Waals surface area (Å²) in [5.41, 5.74) is 0.966. The third kappa shape index (κ3) is 3.39. The normalized spacial score (nSPS) is 13.8. The zero-order valence-electron chi connectivity index (χ0n) is 15.5. The molecule has 1 aliphatic rings. The Hall–Kier alpha value is -3.81. The van der Waals surface area contributed by atoms with Crippen molar-refractivity contribution in [3.8, 4) is 11.5 Å². The molecule has 3 rings (SSSR count). The Kier molecular flexibility index (Phi) is 5.04. The number of hydrogen-bond acceptors (Lipinski definition) is 6. The summed E-state index contributed by atoms with van der Waals surface area (Å²) in [4.78, 5) is 37.5. The van der Waals surface area contributed by atoms with Crippen molar-refractivity contribution in [3.63, 3.8) is 0 Å². The Morgan fingerprint density at radius 1 is 0.964 bits per heavy atom. The molecule has 8 nitrogen and oxygen atoms in total. The number of nitrogens with one attached hydrogen (secondary N) is 1. The summed E-state index contributed by atoms with van der Waals surface area (Å²) >= 11 is 0. The highest BCUT2D eigenvalue weighted by Crippen LogP contribution is 2.35. The molecule has 0 saturated heterocycles. The van der Waals surface area contributed by atoms with E-state index >= 15 is 0 Å². The number of carbonyl (C=O) groups excluding carboxylic acids is 3. The summed E-state index contributed by atoms with van der Waals surface area (Å²) in [6, 6.07) is 10.8. The van der Waals surface area contributed by atoms with Crippen molar-refractivity contribution in [1.82, 2.24) is 0 Å². The van der Waals surface area contributed by atoms with E-state index in [-0.39, 0.29) is 17.2 Å². The number of ether oxygens (including phenoxy) is 2. The van der Waals surface area contributed by atoms with Crippen molar-refractivity contribution in [2.45, 2.75) is 6.92 Å². The molecule has 3 amide bonds. The number of benzene rings is 2. The van der Waals surface area contributed by atoms with Crippen LogP contribution in [0.3, 0.4) is 0 Å². The second-order valence-electron chi connectivity index (χ2n) is 6.00. The van der Waals surface area contributed by atoms with Gasteiger partial charge in [-0.2, -0.15) is 0 Å². The Morgan fingerprint density at radius 2 is 1.54 bits per heavy atom. The van der Waals surface area contributed by atoms with E-state index in [4.69, 9.17) is 9.47 Å². The molecule has 2 aromatic carbocycles. The van der Waals surface area contributed by atoms with Crippen LogP contribution in [0.15, 0.2) is 48.2 Å². The molecule has 1 aliphatic heterocycles. The molecule has 144 valence electrons. The van der Waals surface area contributed by atoms with Crippen LogP contribution in [-0.2, 0) is 14.4 Å². The maximum atomic E-state index is 12.9. The number of rotatable bonds is 5. The van der Waals surface area contributed by atoms with E-state index in [2.05, 4.69) is 5.32 Å². The van der Waals surface area contributed by atoms with Crippen LogP contribution in [0.2, 0.25) is 0 Å². The fourth-order valence-corrected chi connectivity index (χ4v) is 2.86. The third-order valence-corrected chi connectivity index (χ3v) is 4.15. The molecular weight excluding hydrogens is 364 g/mol. The van der Waals surface area contributed by atoms with Gasteiger partial charge in [0.2, 0.25) is 5.91 Å². The molecule has 0 aliphatic carbocycles. The molecule has 0 atom stereocenters. The molecule has 0 unspecified atom stereocenters. The standard InChI is InChI=1S/C20H18N2O6/c1-11(23)21-13-6-4-12(5-7-13)17-18(24)20(26)22(19(17)25)14-8-15(27-2)10-16(9-14)28-3/h4-10,24H,1-3H3,(H,21,23). The lowest BCUT2D eigenvalue weighted by Crippen LogP contribution is -2.31. The molecule has 0 fully saturated rings. The molecular formula is C20H18N2O6. The average Bonchev–Trinajstić information content (AvgIpc) is 2.90. The first-order valence-corrected chi connectivity index (χ1v) is 8.28. The van der Waals surface area contributed by atoms with E-state index in [1.165, 1.54) is 45.4 Å². The van der Waals surface area contributed by atoms with Gasteiger partial charge in [-0.05, 0) is 17.7 Å². The van der Waals surface area contributed by atoms with Crippen LogP contribution in [0.1, 0.15) is 12.5 Å². The topological polar surface area (TPSA) is 105 Å². The van der Waals surface area contributed by atoms with Gasteiger partial charge in [-0.25, -0.2) is 4.90 Å². The van der Waals surface area contributed by atoms with Crippen molar-refractivity contribution in [2.24, 2.45) is 0 Å². The second-order valence-corrected chi connectivity index (χ2v) is 6.00. The zero-order chi connectivity index (χ0) is 20.4. The highest BCUT2D eigenvalue weighted by molar-refractivity contribution is 6.45. The fourth-order valence-electron chi connectivity index (χ4n) is 2.86. The van der Waals surface area contributed by atoms with E-state index < -0.39 is 17.6 Å². The highest BCUT2D eigenvalue weighted by Gasteiger charge is 2.40. The molecule has 0 saturated carbocycles. The van der Waals surface area contributed by atoms with Crippen molar-refractivity contribution in [1.29, 1.82) is 0 Å². The Morgan fingerprint density at radius 3 is 2.04 bits per heavy atom. The number of hydrogen-bond donors (Lipinski definition) is 2. The molecule has 0 spiro atoms. The summed E-state index contributed by atoms with van der Waals surface area (Å²) in [6.07, 6.45) is 0. The lowest BCUT2D eigenvalue weighted by molar-refractivity contribution is -0.121. The van der Waals surface area contributed by atoms with E-state index in [0.717, 1.165) is 4.90 Å². The number of carbonyl (C=O) groups is 3. The lowest BCUT2D eigenvalue weighted by Gasteiger charge is -2.17. The Balaban J connectivity index is 1.98. The minimum atomic E-state index is -0.846. The maximum Gasteiger partial charge on any atom is 0.301 e. The zero-order valence-corrected chi connectivity index (χ0v) is 15.5. The average molecular weight is 382 g/mol. The first-order chi connectivity index (χ1) is 13.3. The third-order valence-electron chi connectivity index (χ3n) is 4.15. The molecule has 28 heavy (non-hydrogen) atoms. The van der Waals surface area contributed by atoms with Gasteiger partial charge in [0, 0.05) is 30.8 Å². The van der Waals surface area contributed by atoms with Gasteiger partial charge in [0.1, 0.15) is 11.5 Å². The predicted octanol–water partition coefficient (Wildman–Crippen LogP) is 2.50. The van der Waals surface area contributed by atoms with Crippen LogP contribution in [0.25, 0.3) is 5.57 Å². The summed E-state index contributed by atoms with van der Waals surface area (Å²) in [5.74, 6) is -1.63. The number of aliphatic hydroxyl groups is 1. The van der Waals surface area contributed by atoms with Crippen LogP contribution < -0.4 is 19.7 Å². The van der Waals surface area contributed by atoms with Crippen LogP contribution >= 0.6 is 0 Å². The number of aliphatic hydroxyl groups excluding tert-OH is 1. The number of imide groups is 1. The van der Waals surface area contributed by atoms with Gasteiger partial charge < -0.3 is 19.9 Å². The minimum Gasteiger partial charge on any atom is -0.502 e. The van der Waals surface area contributed by atoms with Gasteiger partial charge in [0.05, 0.1) is 25.5 Å². The second kappa shape index (κ2) is 7.43. The molecule has 0 radical (unpaired) electrons. The Labute approximate surface area is 161 Å². The van der Waals surface area contributed by atoms with Crippen molar-refractivity contribution in [2.75, 3.05) is 24.4 Å². The minimum absolute atomic E-state index is 0.124. The first kappa shape index (κ1) is 19.0. The predicted molar refractivity (Wildman–Crippen MR) is 102 cm³/mol. The molecule has 2 aromatic rings. The van der Waals surface area contributed by atoms with E-state index in [0.29, 0.717) is 22.7 Å². The van der Waals surface area contributed by atoms with E-state index in [9.17, 15) is 19.5 Å². The fraction of sp³-hybridized carbons (Fsp3) is 0.150. The molecule has 8 heteroatoms. The van der Waals surface area contributed by atoms with Gasteiger partial charge in [-0.15, -0.1) is 0 Å². The van der Waals surface area contributed by atoms with Gasteiger partial charge >= 0.3 is 5.91 Å². The highest BCUT2D eigenvalue weighted by atomic mass is 16.5. The van der Waals surface area contributed by atoms with E-state index in [1.54, 1.807) is 18.2 Å². The largest absolute Gasteiger partial charge is 0.502 e. The SMILES string of the molecule is COc1cc(OC)cc(N2C(=O)C(O)=C(c3ccc(NC(C)=O)cc3)C2=O)c1. The molecule has 0 aromatic heterocycles. The van der Waals surface area contributed by atoms with Gasteiger partial charge in [-0.1, -0.05) is 12.1 Å². The molecule has 2 N–H and O–H groups in total. The quantitative estimate of drug-likeness (QED) is 0.770. The van der Waals surface area contributed by atoms with Crippen molar-refractivity contribution in [3.05, 3.63) is 53.8 Å². The number of nitrogens with zero attached hydrogens (tertiary/aromatic N) is 1. The summed E-state index contributed by atoms with van der Waals surface area (Å²) in [7, 11) is 2.90. The Bertz CT molecular complexity index is 972. The van der Waals surface area contributed by atoms with Crippen LogP contribution in [0.4, 0.5) is 11.4 Å². The van der Waals surface area contributed by atoms with Crippen molar-refractivity contribution < 1.29 is 29.0 Å². The van der Waals surface area contributed by atoms with E-state index in [1.807, 2.05) is 0 Å². The smallest absolute Gasteiger partial charge is 0.301 e. The summed E-state index contributed by atoms with van der Waals surface area (Å²) in [5, 5.41) is 12.9. The lowest BCUT2D eigenvalue weighted by atomic mass is 10.1. The van der Waals surface area contributed by atoms with Gasteiger partial charge in [0.25, 0.3) is 5.91 Å². The first-order valence-electron chi connectivity index (χ1n) is 8.28. The van der Waals surface area contributed by atoms with Crippen LogP contribution in [0.5, 0.6) is 11.5 Å². The van der Waals surface area contributed by atoms with Crippen molar-refractivity contribution >= 4 is 34.7 Å². The van der Waals surface area contributed by atoms with Crippen LogP contribution in [-0.4, -0.2) is 37.0 Å². The van der Waals surface area contributed by atoms with Gasteiger partial charge in [0.15, 0.2) is 5.76 Å². The molecule has 0 bridgehead atoms. The number of amides is 3. The van der Waals surface area contributed by atoms with Crippen LogP contribution in [0, 0.1) is 0 Å². The molecule has 1 heterocycles. The maximum absolute atomic E-state index is 12.9. The number of methoxy groups -OCH3 is 2. The summed E-state index contributed by atoms with van der Waals surface area (Å²) < 4.78 is 10.3. The van der Waals surface area contributed by atoms with Gasteiger partial charge in [-0.3, -0.25) is 14.4 Å². The number of anilines is 2.